The minimum absolute atomic E-state index is 0.283. The third kappa shape index (κ3) is 2.56. The van der Waals surface area contributed by atoms with E-state index in [4.69, 9.17) is 4.52 Å². The van der Waals surface area contributed by atoms with Crippen LogP contribution in [0.5, 0.6) is 0 Å². The van der Waals surface area contributed by atoms with Crippen LogP contribution in [0.3, 0.4) is 0 Å². The molecule has 0 fully saturated rings. The van der Waals surface area contributed by atoms with Gasteiger partial charge >= 0.3 is 0 Å². The zero-order chi connectivity index (χ0) is 13.8. The third-order valence-corrected chi connectivity index (χ3v) is 2.74. The summed E-state index contributed by atoms with van der Waals surface area (Å²) in [5, 5.41) is 6.57. The number of anilines is 1. The maximum Gasteiger partial charge on any atom is 0.259 e. The number of nitrogens with one attached hydrogen (secondary N) is 1. The van der Waals surface area contributed by atoms with Gasteiger partial charge in [-0.25, -0.2) is 0 Å². The van der Waals surface area contributed by atoms with Gasteiger partial charge in [0.15, 0.2) is 0 Å². The van der Waals surface area contributed by atoms with Gasteiger partial charge in [0.2, 0.25) is 5.88 Å². The van der Waals surface area contributed by atoms with Crippen LogP contribution in [0.25, 0.3) is 11.3 Å². The van der Waals surface area contributed by atoms with E-state index in [1.807, 2.05) is 30.3 Å². The molecule has 0 aliphatic rings. The second kappa shape index (κ2) is 5.36. The number of carbonyl (C=O) groups excluding carboxylic acids is 1. The minimum Gasteiger partial charge on any atom is -0.338 e. The van der Waals surface area contributed by atoms with Gasteiger partial charge in [0.1, 0.15) is 5.69 Å². The molecule has 0 spiro atoms. The first kappa shape index (κ1) is 12.1. The SMILES string of the molecule is O=C(Nc1cc(-c2ccccc2)no1)c1cccnc1. The molecule has 0 aliphatic carbocycles. The summed E-state index contributed by atoms with van der Waals surface area (Å²) in [5.41, 5.74) is 2.07. The van der Waals surface area contributed by atoms with Gasteiger partial charge in [0.05, 0.1) is 5.56 Å². The molecule has 1 aromatic carbocycles. The molecule has 2 aromatic heterocycles. The third-order valence-electron chi connectivity index (χ3n) is 2.74. The van der Waals surface area contributed by atoms with Crippen LogP contribution in [0.1, 0.15) is 10.4 Å². The first-order valence-electron chi connectivity index (χ1n) is 6.06. The van der Waals surface area contributed by atoms with Crippen molar-refractivity contribution >= 4 is 11.8 Å². The molecule has 0 aliphatic heterocycles. The second-order valence-electron chi connectivity index (χ2n) is 4.14. The van der Waals surface area contributed by atoms with E-state index in [2.05, 4.69) is 15.5 Å². The fraction of sp³-hybridized carbons (Fsp3) is 0. The van der Waals surface area contributed by atoms with Crippen molar-refractivity contribution in [3.8, 4) is 11.3 Å². The molecular formula is C15H11N3O2. The van der Waals surface area contributed by atoms with Gasteiger partial charge in [-0.3, -0.25) is 15.1 Å². The van der Waals surface area contributed by atoms with E-state index in [0.29, 0.717) is 17.1 Å². The number of benzene rings is 1. The van der Waals surface area contributed by atoms with E-state index in [9.17, 15) is 4.79 Å². The molecule has 5 nitrogen and oxygen atoms in total. The molecular weight excluding hydrogens is 254 g/mol. The number of aromatic nitrogens is 2. The molecule has 0 saturated carbocycles. The van der Waals surface area contributed by atoms with Crippen LogP contribution in [0, 0.1) is 0 Å². The molecule has 0 unspecified atom stereocenters. The van der Waals surface area contributed by atoms with E-state index < -0.39 is 0 Å². The molecule has 3 aromatic rings. The van der Waals surface area contributed by atoms with Gasteiger partial charge in [-0.15, -0.1) is 0 Å². The standard InChI is InChI=1S/C15H11N3O2/c19-15(12-7-4-8-16-10-12)17-14-9-13(18-20-14)11-5-2-1-3-6-11/h1-10H,(H,17,19). The Morgan fingerprint density at radius 2 is 1.95 bits per heavy atom. The van der Waals surface area contributed by atoms with Crippen molar-refractivity contribution in [3.05, 3.63) is 66.5 Å². The number of rotatable bonds is 3. The highest BCUT2D eigenvalue weighted by Crippen LogP contribution is 2.21. The molecule has 2 heterocycles. The number of hydrogen-bond donors (Lipinski definition) is 1. The lowest BCUT2D eigenvalue weighted by atomic mass is 10.1. The summed E-state index contributed by atoms with van der Waals surface area (Å²) < 4.78 is 5.11. The van der Waals surface area contributed by atoms with E-state index in [-0.39, 0.29) is 5.91 Å². The van der Waals surface area contributed by atoms with Gasteiger partial charge in [-0.1, -0.05) is 35.5 Å². The smallest absolute Gasteiger partial charge is 0.259 e. The van der Waals surface area contributed by atoms with E-state index in [0.717, 1.165) is 5.56 Å². The summed E-state index contributed by atoms with van der Waals surface area (Å²) in [5.74, 6) is 0.0200. The Morgan fingerprint density at radius 3 is 2.70 bits per heavy atom. The topological polar surface area (TPSA) is 68.0 Å². The zero-order valence-corrected chi connectivity index (χ0v) is 10.5. The van der Waals surface area contributed by atoms with Gasteiger partial charge in [0, 0.05) is 24.0 Å². The monoisotopic (exact) mass is 265 g/mol. The van der Waals surface area contributed by atoms with Gasteiger partial charge in [0.25, 0.3) is 5.91 Å². The van der Waals surface area contributed by atoms with Gasteiger partial charge in [-0.2, -0.15) is 0 Å². The van der Waals surface area contributed by atoms with E-state index in [1.165, 1.54) is 6.20 Å². The molecule has 0 radical (unpaired) electrons. The van der Waals surface area contributed by atoms with Crippen molar-refractivity contribution in [1.29, 1.82) is 0 Å². The molecule has 98 valence electrons. The van der Waals surface area contributed by atoms with Crippen LogP contribution in [0.2, 0.25) is 0 Å². The molecule has 5 heteroatoms. The molecule has 0 atom stereocenters. The first-order chi connectivity index (χ1) is 9.83. The lowest BCUT2D eigenvalue weighted by molar-refractivity contribution is 0.102. The average Bonchev–Trinajstić information content (AvgIpc) is 2.97. The highest BCUT2D eigenvalue weighted by molar-refractivity contribution is 6.03. The Hall–Kier alpha value is -2.95. The van der Waals surface area contributed by atoms with Crippen molar-refractivity contribution in [1.82, 2.24) is 10.1 Å². The Balaban J connectivity index is 1.77. The van der Waals surface area contributed by atoms with E-state index >= 15 is 0 Å². The number of hydrogen-bond acceptors (Lipinski definition) is 4. The summed E-state index contributed by atoms with van der Waals surface area (Å²) in [4.78, 5) is 15.8. The quantitative estimate of drug-likeness (QED) is 0.790. The highest BCUT2D eigenvalue weighted by atomic mass is 16.5. The fourth-order valence-corrected chi connectivity index (χ4v) is 1.76. The average molecular weight is 265 g/mol. The largest absolute Gasteiger partial charge is 0.338 e. The van der Waals surface area contributed by atoms with Crippen LogP contribution >= 0.6 is 0 Å². The maximum atomic E-state index is 11.9. The number of carbonyl (C=O) groups is 1. The molecule has 20 heavy (non-hydrogen) atoms. The number of pyridine rings is 1. The minimum atomic E-state index is -0.283. The number of nitrogens with zero attached hydrogens (tertiary/aromatic N) is 2. The highest BCUT2D eigenvalue weighted by Gasteiger charge is 2.10. The van der Waals surface area contributed by atoms with Gasteiger partial charge < -0.3 is 4.52 Å². The van der Waals surface area contributed by atoms with Crippen molar-refractivity contribution in [2.45, 2.75) is 0 Å². The maximum absolute atomic E-state index is 11.9. The summed E-state index contributed by atoms with van der Waals surface area (Å²) in [7, 11) is 0. The zero-order valence-electron chi connectivity index (χ0n) is 10.5. The molecule has 3 rings (SSSR count). The van der Waals surface area contributed by atoms with Crippen molar-refractivity contribution < 1.29 is 9.32 Å². The first-order valence-corrected chi connectivity index (χ1v) is 6.06. The van der Waals surface area contributed by atoms with Crippen LogP contribution in [-0.4, -0.2) is 16.0 Å². The molecule has 0 saturated heterocycles. The lowest BCUT2D eigenvalue weighted by Gasteiger charge is -1.99. The van der Waals surface area contributed by atoms with Crippen LogP contribution in [0.4, 0.5) is 5.88 Å². The summed E-state index contributed by atoms with van der Waals surface area (Å²) in [6.45, 7) is 0. The normalized spacial score (nSPS) is 10.2. The van der Waals surface area contributed by atoms with Crippen molar-refractivity contribution in [2.24, 2.45) is 0 Å². The van der Waals surface area contributed by atoms with Crippen LogP contribution in [0.15, 0.2) is 65.4 Å². The fourth-order valence-electron chi connectivity index (χ4n) is 1.76. The second-order valence-corrected chi connectivity index (χ2v) is 4.14. The van der Waals surface area contributed by atoms with Crippen molar-refractivity contribution in [3.63, 3.8) is 0 Å². The summed E-state index contributed by atoms with van der Waals surface area (Å²) in [6, 6.07) is 14.7. The van der Waals surface area contributed by atoms with E-state index in [1.54, 1.807) is 24.4 Å². The number of amides is 1. The van der Waals surface area contributed by atoms with Crippen molar-refractivity contribution in [2.75, 3.05) is 5.32 Å². The Bertz CT molecular complexity index is 708. The Labute approximate surface area is 115 Å². The Morgan fingerprint density at radius 1 is 1.10 bits per heavy atom. The summed E-state index contributed by atoms with van der Waals surface area (Å²) in [6.07, 6.45) is 3.10. The molecule has 0 bridgehead atoms. The van der Waals surface area contributed by atoms with Crippen LogP contribution in [-0.2, 0) is 0 Å². The predicted molar refractivity (Wildman–Crippen MR) is 74.1 cm³/mol. The van der Waals surface area contributed by atoms with Gasteiger partial charge in [-0.05, 0) is 12.1 Å². The molecule has 1 N–H and O–H groups in total. The summed E-state index contributed by atoms with van der Waals surface area (Å²) >= 11 is 0. The molecule has 1 amide bonds. The lowest BCUT2D eigenvalue weighted by Crippen LogP contribution is -2.11. The predicted octanol–water partition coefficient (Wildman–Crippen LogP) is 2.99. The van der Waals surface area contributed by atoms with Crippen LogP contribution < -0.4 is 5.32 Å². The Kier molecular flexibility index (Phi) is 3.24.